The van der Waals surface area contributed by atoms with Crippen molar-refractivity contribution < 1.29 is 4.79 Å². The van der Waals surface area contributed by atoms with Crippen molar-refractivity contribution in [1.82, 2.24) is 0 Å². The third-order valence-electron chi connectivity index (χ3n) is 6.65. The summed E-state index contributed by atoms with van der Waals surface area (Å²) in [5, 5.41) is 0. The van der Waals surface area contributed by atoms with Crippen LogP contribution in [0.15, 0.2) is 18.2 Å². The minimum Gasteiger partial charge on any atom is -0.299 e. The molecule has 1 heteroatoms. The van der Waals surface area contributed by atoms with Gasteiger partial charge in [-0.1, -0.05) is 25.1 Å². The molecular formula is C19H23O. The van der Waals surface area contributed by atoms with Crippen LogP contribution >= 0.6 is 0 Å². The van der Waals surface area contributed by atoms with Crippen LogP contribution in [0, 0.1) is 23.3 Å². The summed E-state index contributed by atoms with van der Waals surface area (Å²) in [4.78, 5) is 12.5. The summed E-state index contributed by atoms with van der Waals surface area (Å²) >= 11 is 0. The normalized spacial score (nSPS) is 39.0. The molecule has 2 saturated carbocycles. The van der Waals surface area contributed by atoms with Gasteiger partial charge in [-0.25, -0.2) is 0 Å². The second-order valence-electron chi connectivity index (χ2n) is 7.05. The number of ketones is 1. The van der Waals surface area contributed by atoms with E-state index in [4.69, 9.17) is 0 Å². The van der Waals surface area contributed by atoms with Crippen molar-refractivity contribution in [3.63, 3.8) is 0 Å². The molecule has 0 aliphatic heterocycles. The molecule has 1 nitrogen and oxygen atoms in total. The van der Waals surface area contributed by atoms with Crippen LogP contribution in [0.3, 0.4) is 0 Å². The fourth-order valence-corrected chi connectivity index (χ4v) is 5.68. The van der Waals surface area contributed by atoms with E-state index >= 15 is 0 Å². The third kappa shape index (κ3) is 1.52. The summed E-state index contributed by atoms with van der Waals surface area (Å²) in [6, 6.07) is 9.79. The Morgan fingerprint density at radius 2 is 2.20 bits per heavy atom. The van der Waals surface area contributed by atoms with Gasteiger partial charge < -0.3 is 0 Å². The van der Waals surface area contributed by atoms with Gasteiger partial charge in [-0.05, 0) is 73.5 Å². The quantitative estimate of drug-likeness (QED) is 0.741. The zero-order chi connectivity index (χ0) is 13.7. The Bertz CT molecular complexity index is 546. The minimum atomic E-state index is 0.0551. The molecule has 4 atom stereocenters. The fraction of sp³-hybridized carbons (Fsp3) is 0.632. The summed E-state index contributed by atoms with van der Waals surface area (Å²) in [6.45, 7) is 2.24. The standard InChI is InChI=1S/C19H23O/c1-2-19-12-11-15-14-6-4-3-5-13(14)7-8-16(15)17(19)9-10-18(19)20/h4-6,15-17H,2,7-12H2,1H3/t15-,16-,17+,19+/m1/s1. The molecule has 3 aliphatic rings. The van der Waals surface area contributed by atoms with Gasteiger partial charge in [0, 0.05) is 11.8 Å². The fourth-order valence-electron chi connectivity index (χ4n) is 5.68. The number of fused-ring (bicyclic) bond motifs is 5. The Morgan fingerprint density at radius 3 is 3.05 bits per heavy atom. The van der Waals surface area contributed by atoms with Gasteiger partial charge in [0.15, 0.2) is 0 Å². The van der Waals surface area contributed by atoms with Crippen molar-refractivity contribution in [1.29, 1.82) is 0 Å². The third-order valence-corrected chi connectivity index (χ3v) is 6.65. The predicted molar refractivity (Wildman–Crippen MR) is 79.5 cm³/mol. The summed E-state index contributed by atoms with van der Waals surface area (Å²) in [6.07, 6.45) is 7.89. The molecule has 0 aromatic heterocycles. The monoisotopic (exact) mass is 267 g/mol. The second kappa shape index (κ2) is 4.44. The lowest BCUT2D eigenvalue weighted by atomic mass is 9.54. The summed E-state index contributed by atoms with van der Waals surface area (Å²) in [5.41, 5.74) is 3.14. The molecule has 0 saturated heterocycles. The van der Waals surface area contributed by atoms with Crippen LogP contribution in [0.1, 0.15) is 62.5 Å². The Labute approximate surface area is 121 Å². The van der Waals surface area contributed by atoms with Gasteiger partial charge in [-0.3, -0.25) is 4.79 Å². The number of aryl methyl sites for hydroxylation is 1. The van der Waals surface area contributed by atoms with Gasteiger partial charge in [-0.2, -0.15) is 0 Å². The zero-order valence-corrected chi connectivity index (χ0v) is 12.3. The van der Waals surface area contributed by atoms with E-state index in [1.165, 1.54) is 24.8 Å². The lowest BCUT2D eigenvalue weighted by molar-refractivity contribution is -0.131. The molecule has 0 amide bonds. The van der Waals surface area contributed by atoms with E-state index in [-0.39, 0.29) is 5.41 Å². The van der Waals surface area contributed by atoms with E-state index in [1.807, 2.05) is 0 Å². The highest BCUT2D eigenvalue weighted by molar-refractivity contribution is 5.87. The molecule has 0 N–H and O–H groups in total. The summed E-state index contributed by atoms with van der Waals surface area (Å²) in [7, 11) is 0. The topological polar surface area (TPSA) is 17.1 Å². The Balaban J connectivity index is 1.73. The Hall–Kier alpha value is -1.11. The lowest BCUT2D eigenvalue weighted by Crippen LogP contribution is -2.43. The van der Waals surface area contributed by atoms with Crippen molar-refractivity contribution in [3.8, 4) is 0 Å². The number of hydrogen-bond acceptors (Lipinski definition) is 1. The number of rotatable bonds is 1. The van der Waals surface area contributed by atoms with Gasteiger partial charge in [0.05, 0.1) is 0 Å². The molecule has 20 heavy (non-hydrogen) atoms. The highest BCUT2D eigenvalue weighted by Gasteiger charge is 2.55. The van der Waals surface area contributed by atoms with Crippen LogP contribution in [-0.4, -0.2) is 5.78 Å². The smallest absolute Gasteiger partial charge is 0.139 e. The first kappa shape index (κ1) is 12.6. The van der Waals surface area contributed by atoms with Gasteiger partial charge in [0.25, 0.3) is 0 Å². The van der Waals surface area contributed by atoms with E-state index in [2.05, 4.69) is 31.2 Å². The zero-order valence-electron chi connectivity index (χ0n) is 12.3. The highest BCUT2D eigenvalue weighted by atomic mass is 16.1. The molecule has 0 bridgehead atoms. The molecule has 0 heterocycles. The van der Waals surface area contributed by atoms with Crippen LogP contribution in [-0.2, 0) is 11.2 Å². The Morgan fingerprint density at radius 1 is 1.30 bits per heavy atom. The lowest BCUT2D eigenvalue weighted by Gasteiger charge is -2.49. The number of hydrogen-bond donors (Lipinski definition) is 0. The van der Waals surface area contributed by atoms with Crippen LogP contribution in [0.2, 0.25) is 0 Å². The number of benzene rings is 1. The van der Waals surface area contributed by atoms with E-state index in [0.717, 1.165) is 31.6 Å². The van der Waals surface area contributed by atoms with Crippen molar-refractivity contribution in [3.05, 3.63) is 35.4 Å². The SMILES string of the molecule is CC[C@]12CC[C@@H]3c4cc[c]cc4CC[C@H]3[C@@H]1CCC2=O. The largest absolute Gasteiger partial charge is 0.299 e. The molecule has 4 rings (SSSR count). The molecule has 2 fully saturated rings. The molecule has 1 aromatic carbocycles. The van der Waals surface area contributed by atoms with Crippen LogP contribution in [0.4, 0.5) is 0 Å². The van der Waals surface area contributed by atoms with Gasteiger partial charge >= 0.3 is 0 Å². The summed E-state index contributed by atoms with van der Waals surface area (Å²) < 4.78 is 0. The summed E-state index contributed by atoms with van der Waals surface area (Å²) in [5.74, 6) is 2.71. The van der Waals surface area contributed by atoms with E-state index < -0.39 is 0 Å². The average molecular weight is 267 g/mol. The second-order valence-corrected chi connectivity index (χ2v) is 7.05. The molecule has 0 spiro atoms. The molecule has 3 aliphatic carbocycles. The van der Waals surface area contributed by atoms with Crippen molar-refractivity contribution >= 4 is 5.78 Å². The first-order valence-corrected chi connectivity index (χ1v) is 8.28. The Kier molecular flexibility index (Phi) is 2.80. The van der Waals surface area contributed by atoms with Crippen LogP contribution < -0.4 is 0 Å². The van der Waals surface area contributed by atoms with Gasteiger partial charge in [0.2, 0.25) is 0 Å². The van der Waals surface area contributed by atoms with E-state index in [1.54, 1.807) is 5.56 Å². The van der Waals surface area contributed by atoms with Crippen LogP contribution in [0.25, 0.3) is 0 Å². The first-order chi connectivity index (χ1) is 9.76. The molecule has 1 radical (unpaired) electrons. The van der Waals surface area contributed by atoms with E-state index in [0.29, 0.717) is 17.6 Å². The van der Waals surface area contributed by atoms with Crippen molar-refractivity contribution in [2.24, 2.45) is 17.3 Å². The first-order valence-electron chi connectivity index (χ1n) is 8.28. The van der Waals surface area contributed by atoms with E-state index in [9.17, 15) is 4.79 Å². The maximum Gasteiger partial charge on any atom is 0.139 e. The van der Waals surface area contributed by atoms with Gasteiger partial charge in [-0.15, -0.1) is 0 Å². The average Bonchev–Trinajstić information content (AvgIpc) is 2.85. The molecular weight excluding hydrogens is 244 g/mol. The highest BCUT2D eigenvalue weighted by Crippen LogP contribution is 2.60. The maximum absolute atomic E-state index is 12.5. The van der Waals surface area contributed by atoms with Crippen molar-refractivity contribution in [2.45, 2.75) is 57.8 Å². The maximum atomic E-state index is 12.5. The number of Topliss-reactive ketones (excluding diaryl/α,β-unsaturated/α-hetero) is 1. The van der Waals surface area contributed by atoms with Gasteiger partial charge in [0.1, 0.15) is 5.78 Å². The minimum absolute atomic E-state index is 0.0551. The number of carbonyl (C=O) groups is 1. The molecule has 105 valence electrons. The molecule has 0 unspecified atom stereocenters. The van der Waals surface area contributed by atoms with Crippen molar-refractivity contribution in [2.75, 3.05) is 0 Å². The number of carbonyl (C=O) groups excluding carboxylic acids is 1. The van der Waals surface area contributed by atoms with Crippen LogP contribution in [0.5, 0.6) is 0 Å². The molecule has 1 aromatic rings. The predicted octanol–water partition coefficient (Wildman–Crippen LogP) is 4.30.